The SMILES string of the molecule is COc1cccc(C(=O)O[C@H]2CC3[C@](C)(CC[C@H](OC(C)=O)[C@@]3(C)COC(C)=O)C3[C@@H](O)c4c(cc(-c5cccnc5)oc4=O)O[C@@]32C)c1. The molecule has 12 heteroatoms. The first-order chi connectivity index (χ1) is 23.2. The van der Waals surface area contributed by atoms with Crippen LogP contribution in [0.2, 0.25) is 0 Å². The molecule has 0 radical (unpaired) electrons. The van der Waals surface area contributed by atoms with E-state index in [1.165, 1.54) is 21.0 Å². The summed E-state index contributed by atoms with van der Waals surface area (Å²) in [6.07, 6.45) is 1.15. The van der Waals surface area contributed by atoms with Crippen molar-refractivity contribution in [1.29, 1.82) is 0 Å². The second kappa shape index (κ2) is 12.6. The molecule has 0 bridgehead atoms. The second-order valence-corrected chi connectivity index (χ2v) is 14.0. The van der Waals surface area contributed by atoms with E-state index in [0.29, 0.717) is 24.2 Å². The Bertz CT molecular complexity index is 1820. The highest BCUT2D eigenvalue weighted by Crippen LogP contribution is 2.67. The number of aliphatic hydroxyl groups excluding tert-OH is 1. The Morgan fingerprint density at radius 2 is 1.80 bits per heavy atom. The smallest absolute Gasteiger partial charge is 0.345 e. The first-order valence-electron chi connectivity index (χ1n) is 16.3. The van der Waals surface area contributed by atoms with Gasteiger partial charge in [-0.15, -0.1) is 0 Å². The van der Waals surface area contributed by atoms with Crippen LogP contribution < -0.4 is 15.1 Å². The third-order valence-electron chi connectivity index (χ3n) is 11.0. The van der Waals surface area contributed by atoms with E-state index in [-0.39, 0.29) is 35.7 Å². The number of aromatic nitrogens is 1. The van der Waals surface area contributed by atoms with E-state index < -0.39 is 70.1 Å². The molecule has 3 heterocycles. The molecule has 3 aliphatic rings. The number of carbonyl (C=O) groups excluding carboxylic acids is 3. The molecule has 2 aliphatic carbocycles. The fourth-order valence-corrected chi connectivity index (χ4v) is 8.78. The summed E-state index contributed by atoms with van der Waals surface area (Å²) in [5.74, 6) is -2.14. The molecule has 0 amide bonds. The summed E-state index contributed by atoms with van der Waals surface area (Å²) in [7, 11) is 1.50. The van der Waals surface area contributed by atoms with Gasteiger partial charge in [0.25, 0.3) is 0 Å². The van der Waals surface area contributed by atoms with E-state index in [1.54, 1.807) is 61.8 Å². The third kappa shape index (κ3) is 5.85. The van der Waals surface area contributed by atoms with Crippen LogP contribution in [0.25, 0.3) is 11.3 Å². The monoisotopic (exact) mass is 675 g/mol. The zero-order chi connectivity index (χ0) is 35.3. The zero-order valence-corrected chi connectivity index (χ0v) is 28.4. The van der Waals surface area contributed by atoms with Crippen LogP contribution >= 0.6 is 0 Å². The van der Waals surface area contributed by atoms with Crippen LogP contribution in [0.3, 0.4) is 0 Å². The fourth-order valence-electron chi connectivity index (χ4n) is 8.78. The fraction of sp³-hybridized carbons (Fsp3) is 0.486. The van der Waals surface area contributed by atoms with Crippen LogP contribution in [0.5, 0.6) is 11.5 Å². The molecule has 1 N–H and O–H groups in total. The average molecular weight is 676 g/mol. The Balaban J connectivity index is 1.50. The molecular formula is C37H41NO11. The van der Waals surface area contributed by atoms with Crippen molar-refractivity contribution < 1.29 is 47.6 Å². The highest BCUT2D eigenvalue weighted by atomic mass is 16.6. The molecule has 3 aromatic rings. The maximum absolute atomic E-state index is 13.8. The highest BCUT2D eigenvalue weighted by molar-refractivity contribution is 5.90. The lowest BCUT2D eigenvalue weighted by Gasteiger charge is -2.66. The molecule has 49 heavy (non-hydrogen) atoms. The van der Waals surface area contributed by atoms with Gasteiger partial charge in [0.05, 0.1) is 18.8 Å². The first kappa shape index (κ1) is 34.2. The van der Waals surface area contributed by atoms with Crippen molar-refractivity contribution in [2.45, 2.75) is 77.8 Å². The van der Waals surface area contributed by atoms with E-state index in [0.717, 1.165) is 0 Å². The number of benzene rings is 1. The van der Waals surface area contributed by atoms with Crippen molar-refractivity contribution in [1.82, 2.24) is 4.98 Å². The molecule has 260 valence electrons. The number of ether oxygens (including phenoxy) is 5. The summed E-state index contributed by atoms with van der Waals surface area (Å²) in [5, 5.41) is 12.3. The summed E-state index contributed by atoms with van der Waals surface area (Å²) in [6, 6.07) is 11.5. The Morgan fingerprint density at radius 1 is 1.02 bits per heavy atom. The van der Waals surface area contributed by atoms with Gasteiger partial charge in [0.2, 0.25) is 0 Å². The van der Waals surface area contributed by atoms with E-state index >= 15 is 0 Å². The minimum Gasteiger partial charge on any atom is -0.497 e. The Labute approximate surface area is 283 Å². The zero-order valence-electron chi connectivity index (χ0n) is 28.4. The Hall–Kier alpha value is -4.71. The van der Waals surface area contributed by atoms with Gasteiger partial charge in [-0.2, -0.15) is 0 Å². The number of methoxy groups -OCH3 is 1. The number of nitrogens with zero attached hydrogens (tertiary/aromatic N) is 1. The standard InChI is InChI=1S/C37H41NO11/c1-20(39)45-19-36(4)27-17-29(48-33(42)22-9-7-11-24(15-22)44-6)37(5)32(35(27,3)13-12-28(36)46-21(2)40)31(41)30-26(49-37)16-25(47-34(30)43)23-10-8-14-38-18-23/h7-11,14-16,18,27-29,31-32,41H,12-13,17,19H2,1-6H3/t27?,28-,29-,31-,32?,35-,36-,37+/m0/s1. The third-order valence-corrected chi connectivity index (χ3v) is 11.0. The number of aliphatic hydroxyl groups is 1. The molecule has 2 unspecified atom stereocenters. The van der Waals surface area contributed by atoms with Gasteiger partial charge in [-0.25, -0.2) is 9.59 Å². The van der Waals surface area contributed by atoms with Crippen molar-refractivity contribution in [2.75, 3.05) is 13.7 Å². The van der Waals surface area contributed by atoms with Gasteiger partial charge in [0.1, 0.15) is 47.2 Å². The van der Waals surface area contributed by atoms with Gasteiger partial charge in [-0.3, -0.25) is 14.6 Å². The normalized spacial score (nSPS) is 31.5. The molecule has 12 nitrogen and oxygen atoms in total. The van der Waals surface area contributed by atoms with Gasteiger partial charge in [0.15, 0.2) is 0 Å². The number of rotatable bonds is 7. The minimum absolute atomic E-state index is 0.0429. The Morgan fingerprint density at radius 3 is 2.47 bits per heavy atom. The number of fused-ring (bicyclic) bond motifs is 4. The van der Waals surface area contributed by atoms with E-state index in [1.807, 2.05) is 13.8 Å². The lowest BCUT2D eigenvalue weighted by molar-refractivity contribution is -0.266. The second-order valence-electron chi connectivity index (χ2n) is 14.0. The maximum Gasteiger partial charge on any atom is 0.345 e. The van der Waals surface area contributed by atoms with Crippen LogP contribution in [-0.2, 0) is 23.8 Å². The number of hydrogen-bond acceptors (Lipinski definition) is 12. The molecule has 6 rings (SSSR count). The Kier molecular flexibility index (Phi) is 8.81. The van der Waals surface area contributed by atoms with Crippen molar-refractivity contribution in [3.63, 3.8) is 0 Å². The molecule has 2 fully saturated rings. The predicted molar refractivity (Wildman–Crippen MR) is 174 cm³/mol. The van der Waals surface area contributed by atoms with Crippen molar-refractivity contribution in [3.05, 3.63) is 76.4 Å². The lowest BCUT2D eigenvalue weighted by Crippen LogP contribution is -2.71. The summed E-state index contributed by atoms with van der Waals surface area (Å²) in [4.78, 5) is 56.1. The summed E-state index contributed by atoms with van der Waals surface area (Å²) >= 11 is 0. The van der Waals surface area contributed by atoms with Crippen LogP contribution in [0, 0.1) is 22.7 Å². The van der Waals surface area contributed by atoms with E-state index in [4.69, 9.17) is 28.1 Å². The topological polar surface area (TPSA) is 161 Å². The van der Waals surface area contributed by atoms with Crippen LogP contribution in [0.1, 0.15) is 75.9 Å². The quantitative estimate of drug-likeness (QED) is 0.262. The molecular weight excluding hydrogens is 634 g/mol. The van der Waals surface area contributed by atoms with Gasteiger partial charge in [-0.05, 0) is 67.9 Å². The maximum atomic E-state index is 13.8. The van der Waals surface area contributed by atoms with E-state index in [2.05, 4.69) is 4.98 Å². The van der Waals surface area contributed by atoms with Crippen molar-refractivity contribution in [3.8, 4) is 22.8 Å². The first-order valence-corrected chi connectivity index (χ1v) is 16.3. The molecule has 2 aromatic heterocycles. The molecule has 8 atom stereocenters. The van der Waals surface area contributed by atoms with Gasteiger partial charge < -0.3 is 33.2 Å². The summed E-state index contributed by atoms with van der Waals surface area (Å²) in [6.45, 7) is 8.20. The molecule has 1 aliphatic heterocycles. The van der Waals surface area contributed by atoms with Gasteiger partial charge in [-0.1, -0.05) is 19.9 Å². The van der Waals surface area contributed by atoms with E-state index in [9.17, 15) is 24.3 Å². The van der Waals surface area contributed by atoms with Crippen LogP contribution in [-0.4, -0.2) is 59.5 Å². The van der Waals surface area contributed by atoms with Crippen LogP contribution in [0.15, 0.2) is 64.1 Å². The largest absolute Gasteiger partial charge is 0.497 e. The molecule has 0 saturated heterocycles. The van der Waals surface area contributed by atoms with Crippen molar-refractivity contribution >= 4 is 17.9 Å². The highest BCUT2D eigenvalue weighted by Gasteiger charge is 2.71. The predicted octanol–water partition coefficient (Wildman–Crippen LogP) is 5.06. The number of esters is 3. The lowest BCUT2D eigenvalue weighted by atomic mass is 9.42. The number of pyridine rings is 1. The molecule has 0 spiro atoms. The van der Waals surface area contributed by atoms with Gasteiger partial charge in [0, 0.05) is 49.2 Å². The molecule has 2 saturated carbocycles. The van der Waals surface area contributed by atoms with Crippen molar-refractivity contribution in [2.24, 2.45) is 22.7 Å². The summed E-state index contributed by atoms with van der Waals surface area (Å²) < 4.78 is 35.6. The summed E-state index contributed by atoms with van der Waals surface area (Å²) in [5.41, 5.74) is -3.16. The minimum atomic E-state index is -1.40. The average Bonchev–Trinajstić information content (AvgIpc) is 3.06. The molecule has 1 aromatic carbocycles. The van der Waals surface area contributed by atoms with Crippen LogP contribution in [0.4, 0.5) is 0 Å². The number of carbonyl (C=O) groups is 3. The van der Waals surface area contributed by atoms with Gasteiger partial charge >= 0.3 is 23.5 Å². The number of hydrogen-bond donors (Lipinski definition) is 1.